The Morgan fingerprint density at radius 1 is 1.42 bits per heavy atom. The van der Waals surface area contributed by atoms with Crippen LogP contribution in [0.3, 0.4) is 0 Å². The lowest BCUT2D eigenvalue weighted by molar-refractivity contribution is -0.233. The highest BCUT2D eigenvalue weighted by Crippen LogP contribution is 2.51. The Balaban J connectivity index is 1.66. The molecule has 1 spiro atoms. The molecule has 2 aliphatic heterocycles. The first-order chi connectivity index (χ1) is 11.5. The van der Waals surface area contributed by atoms with Crippen molar-refractivity contribution in [1.29, 1.82) is 5.26 Å². The number of likely N-dealkylation sites (tertiary alicyclic amines) is 1. The molecule has 0 aromatic carbocycles. The summed E-state index contributed by atoms with van der Waals surface area (Å²) in [4.78, 5) is 26.2. The van der Waals surface area contributed by atoms with Gasteiger partial charge in [0.25, 0.3) is 5.92 Å². The summed E-state index contributed by atoms with van der Waals surface area (Å²) in [7, 11) is 0. The molecule has 124 valence electrons. The molecule has 1 amide bonds. The number of aromatic nitrogens is 3. The van der Waals surface area contributed by atoms with Crippen LogP contribution in [0, 0.1) is 11.3 Å². The monoisotopic (exact) mass is 332 g/mol. The normalized spacial score (nSPS) is 25.0. The van der Waals surface area contributed by atoms with Gasteiger partial charge in [-0.15, -0.1) is 0 Å². The molecule has 0 radical (unpaired) electrons. The largest absolute Gasteiger partial charge is 0.353 e. The van der Waals surface area contributed by atoms with E-state index in [0.717, 1.165) is 10.3 Å². The maximum absolute atomic E-state index is 14.3. The zero-order valence-electron chi connectivity index (χ0n) is 12.7. The second-order valence-corrected chi connectivity index (χ2v) is 6.16. The van der Waals surface area contributed by atoms with E-state index in [1.165, 1.54) is 6.33 Å². The molecule has 2 aromatic rings. The molecule has 2 aromatic heterocycles. The highest BCUT2D eigenvalue weighted by molar-refractivity contribution is 5.88. The molecule has 2 aliphatic rings. The molecule has 4 heterocycles. The van der Waals surface area contributed by atoms with Gasteiger partial charge >= 0.3 is 0 Å². The lowest BCUT2D eigenvalue weighted by Gasteiger charge is -2.55. The van der Waals surface area contributed by atoms with Crippen molar-refractivity contribution in [1.82, 2.24) is 19.9 Å². The van der Waals surface area contributed by atoms with Crippen molar-refractivity contribution in [3.8, 4) is 6.07 Å². The number of amides is 1. The van der Waals surface area contributed by atoms with E-state index < -0.39 is 23.9 Å². The summed E-state index contributed by atoms with van der Waals surface area (Å²) in [6.07, 6.45) is 2.87. The molecule has 4 rings (SSSR count). The van der Waals surface area contributed by atoms with Crippen LogP contribution in [0.15, 0.2) is 18.6 Å². The molecular weight excluding hydrogens is 318 g/mol. The number of halogens is 2. The number of fused-ring (bicyclic) bond motifs is 1. The number of nitriles is 1. The zero-order chi connectivity index (χ0) is 16.9. The number of carbonyl (C=O) groups excluding carboxylic acids is 1. The number of anilines is 1. The number of nitrogens with zero attached hydrogens (tertiary/aromatic N) is 5. The number of rotatable bonds is 2. The van der Waals surface area contributed by atoms with Crippen LogP contribution in [-0.4, -0.2) is 56.9 Å². The van der Waals surface area contributed by atoms with Crippen LogP contribution in [0.5, 0.6) is 0 Å². The molecule has 7 nitrogen and oxygen atoms in total. The van der Waals surface area contributed by atoms with Crippen molar-refractivity contribution in [2.75, 3.05) is 24.5 Å². The summed E-state index contributed by atoms with van der Waals surface area (Å²) in [5.74, 6) is -2.93. The van der Waals surface area contributed by atoms with Crippen molar-refractivity contribution in [3.05, 3.63) is 18.6 Å². The molecule has 1 N–H and O–H groups in total. The molecule has 0 bridgehead atoms. The minimum absolute atomic E-state index is 0.00549. The van der Waals surface area contributed by atoms with E-state index in [1.54, 1.807) is 23.2 Å². The SMILES string of the molecule is N#CCC(=O)N1CC(F)(F)[C@@]12CCN(c1ncnc3[nH]ccc13)C2. The van der Waals surface area contributed by atoms with E-state index in [4.69, 9.17) is 5.26 Å². The second-order valence-electron chi connectivity index (χ2n) is 6.16. The lowest BCUT2D eigenvalue weighted by Crippen LogP contribution is -2.77. The summed E-state index contributed by atoms with van der Waals surface area (Å²) in [6.45, 7) is -0.262. The Hall–Kier alpha value is -2.76. The number of alkyl halides is 2. The molecule has 0 unspecified atom stereocenters. The quantitative estimate of drug-likeness (QED) is 0.895. The first-order valence-electron chi connectivity index (χ1n) is 7.57. The first-order valence-corrected chi connectivity index (χ1v) is 7.57. The van der Waals surface area contributed by atoms with Gasteiger partial charge in [-0.05, 0) is 12.5 Å². The van der Waals surface area contributed by atoms with E-state index in [0.29, 0.717) is 18.0 Å². The summed E-state index contributed by atoms with van der Waals surface area (Å²) in [6, 6.07) is 3.54. The maximum Gasteiger partial charge on any atom is 0.289 e. The van der Waals surface area contributed by atoms with Crippen LogP contribution in [0.2, 0.25) is 0 Å². The van der Waals surface area contributed by atoms with Crippen molar-refractivity contribution >= 4 is 22.8 Å². The molecule has 1 atom stereocenters. The van der Waals surface area contributed by atoms with Gasteiger partial charge < -0.3 is 14.8 Å². The van der Waals surface area contributed by atoms with Crippen molar-refractivity contribution in [2.45, 2.75) is 24.3 Å². The fraction of sp³-hybridized carbons (Fsp3) is 0.467. The van der Waals surface area contributed by atoms with E-state index in [2.05, 4.69) is 15.0 Å². The lowest BCUT2D eigenvalue weighted by atomic mass is 9.79. The van der Waals surface area contributed by atoms with Gasteiger partial charge in [-0.2, -0.15) is 5.26 Å². The van der Waals surface area contributed by atoms with Gasteiger partial charge in [0.15, 0.2) is 0 Å². The van der Waals surface area contributed by atoms with Gasteiger partial charge in [-0.25, -0.2) is 18.7 Å². The third kappa shape index (κ3) is 1.82. The Morgan fingerprint density at radius 2 is 2.25 bits per heavy atom. The maximum atomic E-state index is 14.3. The predicted molar refractivity (Wildman–Crippen MR) is 80.3 cm³/mol. The average molecular weight is 332 g/mol. The molecule has 0 saturated carbocycles. The number of H-pyrrole nitrogens is 1. The van der Waals surface area contributed by atoms with E-state index in [9.17, 15) is 13.6 Å². The first kappa shape index (κ1) is 14.8. The van der Waals surface area contributed by atoms with Gasteiger partial charge in [-0.3, -0.25) is 4.79 Å². The smallest absolute Gasteiger partial charge is 0.289 e. The van der Waals surface area contributed by atoms with Crippen molar-refractivity contribution in [3.63, 3.8) is 0 Å². The summed E-state index contributed by atoms with van der Waals surface area (Å²) < 4.78 is 28.7. The fourth-order valence-electron chi connectivity index (χ4n) is 3.70. The molecule has 9 heteroatoms. The standard InChI is InChI=1S/C15H14F2N6O/c16-15(17)8-23(11(24)1-4-18)14(15)3-6-22(7-14)13-10-2-5-19-12(10)20-9-21-13/h2,5,9H,1,3,6-8H2,(H,19,20,21)/t14-/m0/s1. The van der Waals surface area contributed by atoms with Crippen molar-refractivity contribution < 1.29 is 13.6 Å². The summed E-state index contributed by atoms with van der Waals surface area (Å²) in [5.41, 5.74) is -0.909. The Kier molecular flexibility index (Phi) is 3.00. The van der Waals surface area contributed by atoms with Crippen LogP contribution >= 0.6 is 0 Å². The van der Waals surface area contributed by atoms with Crippen LogP contribution in [0.4, 0.5) is 14.6 Å². The second kappa shape index (κ2) is 4.87. The van der Waals surface area contributed by atoms with Crippen molar-refractivity contribution in [2.24, 2.45) is 0 Å². The Morgan fingerprint density at radius 3 is 3.00 bits per heavy atom. The average Bonchev–Trinajstić information content (AvgIpc) is 3.21. The third-order valence-corrected chi connectivity index (χ3v) is 4.97. The van der Waals surface area contributed by atoms with E-state index >= 15 is 0 Å². The van der Waals surface area contributed by atoms with Gasteiger partial charge in [0.2, 0.25) is 5.91 Å². The minimum atomic E-state index is -2.96. The Labute approximate surface area is 135 Å². The fourth-order valence-corrected chi connectivity index (χ4v) is 3.70. The van der Waals surface area contributed by atoms with Gasteiger partial charge in [0.1, 0.15) is 29.8 Å². The molecule has 24 heavy (non-hydrogen) atoms. The highest BCUT2D eigenvalue weighted by Gasteiger charge is 2.70. The van der Waals surface area contributed by atoms with E-state index in [1.807, 2.05) is 0 Å². The third-order valence-electron chi connectivity index (χ3n) is 4.97. The zero-order valence-corrected chi connectivity index (χ0v) is 12.7. The van der Waals surface area contributed by atoms with E-state index in [-0.39, 0.29) is 19.4 Å². The predicted octanol–water partition coefficient (Wildman–Crippen LogP) is 1.30. The van der Waals surface area contributed by atoms with Crippen LogP contribution in [-0.2, 0) is 4.79 Å². The molecule has 0 aliphatic carbocycles. The number of carbonyl (C=O) groups is 1. The Bertz CT molecular complexity index is 859. The minimum Gasteiger partial charge on any atom is -0.353 e. The number of aromatic amines is 1. The van der Waals surface area contributed by atoms with Crippen LogP contribution < -0.4 is 4.90 Å². The van der Waals surface area contributed by atoms with Crippen LogP contribution in [0.1, 0.15) is 12.8 Å². The molecule has 2 saturated heterocycles. The van der Waals surface area contributed by atoms with Gasteiger partial charge in [0, 0.05) is 19.3 Å². The van der Waals surface area contributed by atoms with Crippen LogP contribution in [0.25, 0.3) is 11.0 Å². The van der Waals surface area contributed by atoms with Gasteiger partial charge in [0.05, 0.1) is 18.0 Å². The molecule has 2 fully saturated rings. The summed E-state index contributed by atoms with van der Waals surface area (Å²) in [5, 5.41) is 9.43. The topological polar surface area (TPSA) is 88.9 Å². The molecular formula is C15H14F2N6O. The number of hydrogen-bond acceptors (Lipinski definition) is 5. The number of hydrogen-bond donors (Lipinski definition) is 1. The summed E-state index contributed by atoms with van der Waals surface area (Å²) >= 11 is 0. The number of nitrogens with one attached hydrogen (secondary N) is 1. The highest BCUT2D eigenvalue weighted by atomic mass is 19.3. The van der Waals surface area contributed by atoms with Gasteiger partial charge in [-0.1, -0.05) is 0 Å².